The number of carbonyl (C=O) groups excluding carboxylic acids is 1. The number of hydrogen-bond donors (Lipinski definition) is 0. The van der Waals surface area contributed by atoms with Crippen molar-refractivity contribution < 1.29 is 23.9 Å². The van der Waals surface area contributed by atoms with E-state index >= 15 is 0 Å². The van der Waals surface area contributed by atoms with Gasteiger partial charge >= 0.3 is 11.7 Å². The van der Waals surface area contributed by atoms with Crippen molar-refractivity contribution in [2.75, 3.05) is 13.7 Å². The van der Waals surface area contributed by atoms with Crippen molar-refractivity contribution in [3.05, 3.63) is 57.1 Å². The molecule has 2 aromatic rings. The topological polar surface area (TPSA) is 87.9 Å². The molecule has 0 saturated carbocycles. The van der Waals surface area contributed by atoms with Crippen LogP contribution in [0.2, 0.25) is 5.02 Å². The van der Waals surface area contributed by atoms with E-state index in [1.807, 2.05) is 0 Å². The van der Waals surface area contributed by atoms with Gasteiger partial charge in [0.25, 0.3) is 0 Å². The molecule has 0 spiro atoms. The van der Waals surface area contributed by atoms with E-state index in [1.54, 1.807) is 6.92 Å². The van der Waals surface area contributed by atoms with Crippen molar-refractivity contribution in [2.45, 2.75) is 6.92 Å². The molecule has 0 aliphatic carbocycles. The van der Waals surface area contributed by atoms with Crippen molar-refractivity contribution >= 4 is 23.3 Å². The normalized spacial score (nSPS) is 10.1. The fourth-order valence-electron chi connectivity index (χ4n) is 1.93. The number of nitro groups is 1. The highest BCUT2D eigenvalue weighted by molar-refractivity contribution is 6.30. The summed E-state index contributed by atoms with van der Waals surface area (Å²) in [5.41, 5.74) is 0.00526. The largest absolute Gasteiger partial charge is 0.493 e. The van der Waals surface area contributed by atoms with Gasteiger partial charge in [0.15, 0.2) is 11.5 Å². The molecule has 7 nitrogen and oxygen atoms in total. The van der Waals surface area contributed by atoms with E-state index in [0.29, 0.717) is 0 Å². The molecular weight excluding hydrogens is 338 g/mol. The van der Waals surface area contributed by atoms with Crippen LogP contribution in [0.3, 0.4) is 0 Å². The molecule has 0 amide bonds. The zero-order valence-corrected chi connectivity index (χ0v) is 13.7. The molecule has 0 aromatic heterocycles. The maximum Gasteiger partial charge on any atom is 0.338 e. The van der Waals surface area contributed by atoms with E-state index in [-0.39, 0.29) is 40.1 Å². The molecule has 2 rings (SSSR count). The highest BCUT2D eigenvalue weighted by atomic mass is 35.5. The van der Waals surface area contributed by atoms with Gasteiger partial charge in [-0.25, -0.2) is 4.79 Å². The Hall–Kier alpha value is -2.80. The summed E-state index contributed by atoms with van der Waals surface area (Å²) in [6.07, 6.45) is 0. The number of ether oxygens (including phenoxy) is 3. The van der Waals surface area contributed by atoms with Crippen LogP contribution in [0.25, 0.3) is 0 Å². The molecule has 0 aliphatic rings. The summed E-state index contributed by atoms with van der Waals surface area (Å²) in [5, 5.41) is 11.3. The SMILES string of the molecule is CCOC(=O)c1ccc(Oc2ccc(Cl)cc2[N+](=O)[O-])c(OC)c1. The Morgan fingerprint density at radius 2 is 1.88 bits per heavy atom. The Kier molecular flexibility index (Phi) is 5.59. The molecule has 2 aromatic carbocycles. The predicted octanol–water partition coefficient (Wildman–Crippen LogP) is 4.23. The molecule has 0 N–H and O–H groups in total. The Bertz CT molecular complexity index is 777. The first kappa shape index (κ1) is 17.6. The van der Waals surface area contributed by atoms with Gasteiger partial charge in [-0.1, -0.05) is 11.6 Å². The van der Waals surface area contributed by atoms with Crippen LogP contribution in [0.4, 0.5) is 5.69 Å². The molecule has 126 valence electrons. The van der Waals surface area contributed by atoms with Crippen LogP contribution in [0.1, 0.15) is 17.3 Å². The highest BCUT2D eigenvalue weighted by Crippen LogP contribution is 2.37. The summed E-state index contributed by atoms with van der Waals surface area (Å²) in [7, 11) is 1.40. The Labute approximate surface area is 142 Å². The number of nitrogens with zero attached hydrogens (tertiary/aromatic N) is 1. The lowest BCUT2D eigenvalue weighted by Crippen LogP contribution is -2.05. The molecule has 24 heavy (non-hydrogen) atoms. The number of carbonyl (C=O) groups is 1. The van der Waals surface area contributed by atoms with Gasteiger partial charge in [-0.3, -0.25) is 10.1 Å². The minimum atomic E-state index is -0.597. The second-order valence-electron chi connectivity index (χ2n) is 4.56. The number of esters is 1. The molecule has 0 fully saturated rings. The lowest BCUT2D eigenvalue weighted by Gasteiger charge is -2.12. The molecule has 0 atom stereocenters. The van der Waals surface area contributed by atoms with Gasteiger partial charge in [0.05, 0.1) is 24.2 Å². The molecular formula is C16H14ClNO6. The third-order valence-electron chi connectivity index (χ3n) is 3.01. The molecule has 0 bridgehead atoms. The number of hydrogen-bond acceptors (Lipinski definition) is 6. The van der Waals surface area contributed by atoms with E-state index < -0.39 is 10.9 Å². The molecule has 0 heterocycles. The maximum absolute atomic E-state index is 11.7. The van der Waals surface area contributed by atoms with Gasteiger partial charge in [0.1, 0.15) is 0 Å². The van der Waals surface area contributed by atoms with Gasteiger partial charge in [0.2, 0.25) is 5.75 Å². The van der Waals surface area contributed by atoms with Crippen LogP contribution in [0, 0.1) is 10.1 Å². The van der Waals surface area contributed by atoms with Crippen molar-refractivity contribution in [1.82, 2.24) is 0 Å². The number of methoxy groups -OCH3 is 1. The average Bonchev–Trinajstić information content (AvgIpc) is 2.56. The third kappa shape index (κ3) is 3.94. The highest BCUT2D eigenvalue weighted by Gasteiger charge is 2.19. The van der Waals surface area contributed by atoms with Crippen LogP contribution in [0.5, 0.6) is 17.2 Å². The number of benzene rings is 2. The standard InChI is InChI=1S/C16H14ClNO6/c1-3-23-16(19)10-4-6-14(15(8-10)22-2)24-13-7-5-11(17)9-12(13)18(20)21/h4-9H,3H2,1-2H3. The fourth-order valence-corrected chi connectivity index (χ4v) is 2.10. The first-order valence-electron chi connectivity index (χ1n) is 6.93. The second kappa shape index (κ2) is 7.65. The Morgan fingerprint density at radius 3 is 2.50 bits per heavy atom. The molecule has 0 saturated heterocycles. The zero-order chi connectivity index (χ0) is 17.7. The third-order valence-corrected chi connectivity index (χ3v) is 3.25. The van der Waals surface area contributed by atoms with Crippen LogP contribution in [-0.4, -0.2) is 24.6 Å². The average molecular weight is 352 g/mol. The van der Waals surface area contributed by atoms with E-state index in [1.165, 1.54) is 43.5 Å². The monoisotopic (exact) mass is 351 g/mol. The van der Waals surface area contributed by atoms with Crippen molar-refractivity contribution in [2.24, 2.45) is 0 Å². The Morgan fingerprint density at radius 1 is 1.17 bits per heavy atom. The van der Waals surface area contributed by atoms with Gasteiger partial charge in [0, 0.05) is 11.1 Å². The van der Waals surface area contributed by atoms with Crippen LogP contribution in [-0.2, 0) is 4.74 Å². The van der Waals surface area contributed by atoms with Gasteiger partial charge in [-0.05, 0) is 37.3 Å². The molecule has 8 heteroatoms. The summed E-state index contributed by atoms with van der Waals surface area (Å²) in [6.45, 7) is 1.95. The summed E-state index contributed by atoms with van der Waals surface area (Å²) in [5.74, 6) is -0.0350. The summed E-state index contributed by atoms with van der Waals surface area (Å²) in [6, 6.07) is 8.45. The lowest BCUT2D eigenvalue weighted by atomic mass is 10.2. The molecule has 0 radical (unpaired) electrons. The van der Waals surface area contributed by atoms with E-state index in [0.717, 1.165) is 0 Å². The summed E-state index contributed by atoms with van der Waals surface area (Å²) in [4.78, 5) is 22.3. The van der Waals surface area contributed by atoms with Gasteiger partial charge in [-0.2, -0.15) is 0 Å². The fraction of sp³-hybridized carbons (Fsp3) is 0.188. The molecule has 0 aliphatic heterocycles. The predicted molar refractivity (Wildman–Crippen MR) is 87.1 cm³/mol. The van der Waals surface area contributed by atoms with E-state index in [2.05, 4.69) is 0 Å². The minimum Gasteiger partial charge on any atom is -0.493 e. The number of nitro benzene ring substituents is 1. The van der Waals surface area contributed by atoms with Crippen LogP contribution < -0.4 is 9.47 Å². The van der Waals surface area contributed by atoms with E-state index in [9.17, 15) is 14.9 Å². The van der Waals surface area contributed by atoms with Crippen molar-refractivity contribution in [1.29, 1.82) is 0 Å². The quantitative estimate of drug-likeness (QED) is 0.439. The van der Waals surface area contributed by atoms with Gasteiger partial charge in [-0.15, -0.1) is 0 Å². The lowest BCUT2D eigenvalue weighted by molar-refractivity contribution is -0.385. The Balaban J connectivity index is 2.37. The maximum atomic E-state index is 11.7. The first-order valence-corrected chi connectivity index (χ1v) is 7.31. The minimum absolute atomic E-state index is 0.00610. The summed E-state index contributed by atoms with van der Waals surface area (Å²) >= 11 is 5.77. The second-order valence-corrected chi connectivity index (χ2v) is 4.99. The number of rotatable bonds is 6. The first-order chi connectivity index (χ1) is 11.5. The van der Waals surface area contributed by atoms with Crippen LogP contribution in [0.15, 0.2) is 36.4 Å². The number of halogens is 1. The zero-order valence-electron chi connectivity index (χ0n) is 12.9. The summed E-state index contributed by atoms with van der Waals surface area (Å²) < 4.78 is 15.7. The van der Waals surface area contributed by atoms with E-state index in [4.69, 9.17) is 25.8 Å². The molecule has 0 unspecified atom stereocenters. The van der Waals surface area contributed by atoms with Gasteiger partial charge < -0.3 is 14.2 Å². The van der Waals surface area contributed by atoms with Crippen molar-refractivity contribution in [3.63, 3.8) is 0 Å². The van der Waals surface area contributed by atoms with Crippen molar-refractivity contribution in [3.8, 4) is 17.2 Å². The smallest absolute Gasteiger partial charge is 0.338 e. The van der Waals surface area contributed by atoms with Crippen LogP contribution >= 0.6 is 11.6 Å².